The molecule has 0 aliphatic heterocycles. The third-order valence-corrected chi connectivity index (χ3v) is 6.67. The van der Waals surface area contributed by atoms with Crippen LogP contribution in [0.1, 0.15) is 91.9 Å². The fourth-order valence-electron chi connectivity index (χ4n) is 4.36. The van der Waals surface area contributed by atoms with Gasteiger partial charge in [0.25, 0.3) is 0 Å². The second-order valence-electron chi connectivity index (χ2n) is 9.31. The molecular formula is C25H44O3. The number of aliphatic hydroxyl groups excluding tert-OH is 3. The van der Waals surface area contributed by atoms with Crippen molar-refractivity contribution >= 4 is 0 Å². The summed E-state index contributed by atoms with van der Waals surface area (Å²) in [5.74, 6) is 0.587. The molecule has 0 radical (unpaired) electrons. The van der Waals surface area contributed by atoms with E-state index in [4.69, 9.17) is 0 Å². The number of aliphatic hydroxyl groups is 3. The van der Waals surface area contributed by atoms with Crippen LogP contribution in [0.15, 0.2) is 35.6 Å². The molecule has 3 unspecified atom stereocenters. The molecule has 0 saturated heterocycles. The van der Waals surface area contributed by atoms with Gasteiger partial charge in [0.1, 0.15) is 5.76 Å². The van der Waals surface area contributed by atoms with Gasteiger partial charge in [0.05, 0.1) is 6.10 Å². The second-order valence-corrected chi connectivity index (χ2v) is 9.31. The summed E-state index contributed by atoms with van der Waals surface area (Å²) in [4.78, 5) is 0. The third kappa shape index (κ3) is 8.13. The van der Waals surface area contributed by atoms with Gasteiger partial charge in [-0.25, -0.2) is 0 Å². The molecule has 0 aromatic rings. The summed E-state index contributed by atoms with van der Waals surface area (Å²) in [6.45, 7) is 13.0. The van der Waals surface area contributed by atoms with Crippen LogP contribution < -0.4 is 0 Å². The van der Waals surface area contributed by atoms with Gasteiger partial charge in [0, 0.05) is 6.61 Å². The zero-order valence-electron chi connectivity index (χ0n) is 18.7. The smallest absolute Gasteiger partial charge is 0.111 e. The zero-order chi connectivity index (χ0) is 21.2. The Hall–Kier alpha value is -1.06. The van der Waals surface area contributed by atoms with Crippen LogP contribution in [0.5, 0.6) is 0 Å². The molecule has 28 heavy (non-hydrogen) atoms. The Morgan fingerprint density at radius 1 is 1.11 bits per heavy atom. The van der Waals surface area contributed by atoms with Gasteiger partial charge in [0.2, 0.25) is 0 Å². The Morgan fingerprint density at radius 3 is 2.43 bits per heavy atom. The molecule has 0 aromatic heterocycles. The standard InChI is InChI=1S/C25H44O3/c1-6-7-8-9-16-25(4,5)19(2)12-15-23(20(3)27)24-18-22(28)14-13-21(24)11-10-17-26/h12,15,21-22,24,26-28H,3,6-11,13-14,16-18H2,1-2,4-5H3/b19-12+,23-15+. The van der Waals surface area contributed by atoms with Crippen molar-refractivity contribution in [1.82, 2.24) is 0 Å². The molecule has 1 saturated carbocycles. The van der Waals surface area contributed by atoms with Crippen LogP contribution >= 0.6 is 0 Å². The largest absolute Gasteiger partial charge is 0.508 e. The van der Waals surface area contributed by atoms with Gasteiger partial charge in [-0.2, -0.15) is 0 Å². The summed E-state index contributed by atoms with van der Waals surface area (Å²) in [7, 11) is 0. The van der Waals surface area contributed by atoms with Crippen LogP contribution in [0.25, 0.3) is 0 Å². The molecule has 3 atom stereocenters. The highest BCUT2D eigenvalue weighted by Gasteiger charge is 2.32. The van der Waals surface area contributed by atoms with Gasteiger partial charge in [-0.3, -0.25) is 0 Å². The normalized spacial score (nSPS) is 24.4. The molecule has 3 N–H and O–H groups in total. The lowest BCUT2D eigenvalue weighted by Gasteiger charge is -2.35. The Labute approximate surface area is 173 Å². The molecule has 0 amide bonds. The minimum atomic E-state index is -0.321. The van der Waals surface area contributed by atoms with E-state index in [0.29, 0.717) is 12.3 Å². The molecule has 0 heterocycles. The molecule has 0 bridgehead atoms. The van der Waals surface area contributed by atoms with E-state index in [0.717, 1.165) is 31.3 Å². The summed E-state index contributed by atoms with van der Waals surface area (Å²) in [5.41, 5.74) is 2.29. The van der Waals surface area contributed by atoms with E-state index in [1.54, 1.807) is 0 Å². The summed E-state index contributed by atoms with van der Waals surface area (Å²) < 4.78 is 0. The quantitative estimate of drug-likeness (QED) is 0.202. The number of hydrogen-bond donors (Lipinski definition) is 3. The van der Waals surface area contributed by atoms with Crippen molar-refractivity contribution in [3.63, 3.8) is 0 Å². The van der Waals surface area contributed by atoms with Crippen LogP contribution in [-0.4, -0.2) is 28.0 Å². The molecule has 0 aromatic carbocycles. The molecule has 0 spiro atoms. The van der Waals surface area contributed by atoms with Gasteiger partial charge in [0.15, 0.2) is 0 Å². The fourth-order valence-corrected chi connectivity index (χ4v) is 4.36. The van der Waals surface area contributed by atoms with Crippen molar-refractivity contribution in [2.24, 2.45) is 17.3 Å². The molecule has 1 fully saturated rings. The first-order valence-corrected chi connectivity index (χ1v) is 11.3. The summed E-state index contributed by atoms with van der Waals surface area (Å²) in [6, 6.07) is 0. The maximum atomic E-state index is 10.3. The highest BCUT2D eigenvalue weighted by molar-refractivity contribution is 5.32. The number of allylic oxidation sites excluding steroid dienone is 4. The molecule has 3 nitrogen and oxygen atoms in total. The van der Waals surface area contributed by atoms with E-state index in [1.165, 1.54) is 37.7 Å². The molecule has 1 aliphatic rings. The summed E-state index contributed by atoms with van der Waals surface area (Å²) in [5, 5.41) is 29.7. The SMILES string of the molecule is C=C(O)/C(=C\C=C(/C)C(C)(C)CCCCCC)C1CC(O)CCC1CCCO. The van der Waals surface area contributed by atoms with E-state index in [9.17, 15) is 15.3 Å². The van der Waals surface area contributed by atoms with E-state index < -0.39 is 0 Å². The number of unbranched alkanes of at least 4 members (excludes halogenated alkanes) is 3. The van der Waals surface area contributed by atoms with Crippen LogP contribution in [0.4, 0.5) is 0 Å². The Bertz CT molecular complexity index is 528. The topological polar surface area (TPSA) is 60.7 Å². The van der Waals surface area contributed by atoms with E-state index >= 15 is 0 Å². The maximum absolute atomic E-state index is 10.3. The monoisotopic (exact) mass is 392 g/mol. The van der Waals surface area contributed by atoms with E-state index in [1.807, 2.05) is 6.08 Å². The second kappa shape index (κ2) is 12.5. The summed E-state index contributed by atoms with van der Waals surface area (Å²) in [6.07, 6.45) is 14.2. The molecule has 3 heteroatoms. The van der Waals surface area contributed by atoms with Crippen molar-refractivity contribution < 1.29 is 15.3 Å². The maximum Gasteiger partial charge on any atom is 0.111 e. The van der Waals surface area contributed by atoms with Crippen LogP contribution in [0.2, 0.25) is 0 Å². The molecular weight excluding hydrogens is 348 g/mol. The van der Waals surface area contributed by atoms with Gasteiger partial charge in [-0.1, -0.05) is 70.8 Å². The molecule has 162 valence electrons. The van der Waals surface area contributed by atoms with E-state index in [-0.39, 0.29) is 29.8 Å². The minimum absolute atomic E-state index is 0.101. The lowest BCUT2D eigenvalue weighted by atomic mass is 9.71. The Kier molecular flexibility index (Phi) is 11.1. The summed E-state index contributed by atoms with van der Waals surface area (Å²) >= 11 is 0. The van der Waals surface area contributed by atoms with Gasteiger partial charge < -0.3 is 15.3 Å². The average Bonchev–Trinajstić information content (AvgIpc) is 2.64. The predicted molar refractivity (Wildman–Crippen MR) is 119 cm³/mol. The van der Waals surface area contributed by atoms with Gasteiger partial charge in [-0.15, -0.1) is 0 Å². The first kappa shape index (κ1) is 25.0. The van der Waals surface area contributed by atoms with Crippen molar-refractivity contribution in [2.75, 3.05) is 6.61 Å². The van der Waals surface area contributed by atoms with Gasteiger partial charge in [-0.05, 0) is 68.3 Å². The van der Waals surface area contributed by atoms with Crippen molar-refractivity contribution in [3.05, 3.63) is 35.6 Å². The fraction of sp³-hybridized carbons (Fsp3) is 0.760. The average molecular weight is 393 g/mol. The number of hydrogen-bond acceptors (Lipinski definition) is 3. The van der Waals surface area contributed by atoms with Crippen molar-refractivity contribution in [3.8, 4) is 0 Å². The van der Waals surface area contributed by atoms with Crippen LogP contribution in [0.3, 0.4) is 0 Å². The lowest BCUT2D eigenvalue weighted by Crippen LogP contribution is -2.30. The van der Waals surface area contributed by atoms with Crippen molar-refractivity contribution in [1.29, 1.82) is 0 Å². The Morgan fingerprint density at radius 2 is 1.82 bits per heavy atom. The lowest BCUT2D eigenvalue weighted by molar-refractivity contribution is 0.0746. The Balaban J connectivity index is 2.96. The highest BCUT2D eigenvalue weighted by Crippen LogP contribution is 2.40. The minimum Gasteiger partial charge on any atom is -0.508 e. The number of rotatable bonds is 12. The molecule has 1 rings (SSSR count). The van der Waals surface area contributed by atoms with Crippen LogP contribution in [-0.2, 0) is 0 Å². The highest BCUT2D eigenvalue weighted by atomic mass is 16.3. The first-order chi connectivity index (χ1) is 13.2. The predicted octanol–water partition coefficient (Wildman–Crippen LogP) is 6.48. The zero-order valence-corrected chi connectivity index (χ0v) is 18.7. The molecule has 1 aliphatic carbocycles. The van der Waals surface area contributed by atoms with Gasteiger partial charge >= 0.3 is 0 Å². The van der Waals surface area contributed by atoms with Crippen molar-refractivity contribution in [2.45, 2.75) is 98.0 Å². The third-order valence-electron chi connectivity index (χ3n) is 6.67. The van der Waals surface area contributed by atoms with E-state index in [2.05, 4.69) is 40.3 Å². The van der Waals surface area contributed by atoms with Crippen LogP contribution in [0, 0.1) is 17.3 Å². The first-order valence-electron chi connectivity index (χ1n) is 11.3.